The zero-order chi connectivity index (χ0) is 21.3. The first-order valence-corrected chi connectivity index (χ1v) is 8.85. The van der Waals surface area contributed by atoms with E-state index < -0.39 is 17.3 Å². The Morgan fingerprint density at radius 2 is 1.80 bits per heavy atom. The Bertz CT molecular complexity index is 1280. The van der Waals surface area contributed by atoms with Gasteiger partial charge >= 0.3 is 5.92 Å². The molecule has 3 heterocycles. The highest BCUT2D eigenvalue weighted by molar-refractivity contribution is 5.89. The highest BCUT2D eigenvalue weighted by Gasteiger charge is 2.39. The van der Waals surface area contributed by atoms with Crippen LogP contribution in [0.25, 0.3) is 22.6 Å². The molecule has 4 rings (SSSR count). The number of aromatic nitrogens is 6. The number of nitrogens with one attached hydrogen (secondary N) is 2. The van der Waals surface area contributed by atoms with Crippen LogP contribution >= 0.6 is 0 Å². The molecule has 0 unspecified atom stereocenters. The highest BCUT2D eigenvalue weighted by Crippen LogP contribution is 2.31. The lowest BCUT2D eigenvalue weighted by molar-refractivity contribution is 0.0696. The van der Waals surface area contributed by atoms with Gasteiger partial charge in [0.1, 0.15) is 5.49 Å². The van der Waals surface area contributed by atoms with E-state index in [0.29, 0.717) is 27.3 Å². The second-order valence-electron chi connectivity index (χ2n) is 6.49. The molecule has 0 fully saturated rings. The summed E-state index contributed by atoms with van der Waals surface area (Å²) in [7, 11) is 1.72. The van der Waals surface area contributed by atoms with E-state index in [4.69, 9.17) is 10.8 Å². The van der Waals surface area contributed by atoms with Crippen LogP contribution in [0.15, 0.2) is 67.3 Å². The van der Waals surface area contributed by atoms with Gasteiger partial charge in [0.25, 0.3) is 0 Å². The number of hydrogen-bond donors (Lipinski definition) is 2. The first-order chi connectivity index (χ1) is 14.4. The molecule has 0 amide bonds. The fourth-order valence-electron chi connectivity index (χ4n) is 2.87. The monoisotopic (exact) mass is 406 g/mol. The minimum atomic E-state index is -3.70. The van der Waals surface area contributed by atoms with Gasteiger partial charge in [-0.25, -0.2) is 9.97 Å². The second-order valence-corrected chi connectivity index (χ2v) is 6.49. The molecule has 10 heteroatoms. The quantitative estimate of drug-likeness (QED) is 0.401. The number of benzene rings is 1. The Hall–Kier alpha value is -4.08. The van der Waals surface area contributed by atoms with Crippen LogP contribution in [0.5, 0.6) is 0 Å². The maximum Gasteiger partial charge on any atom is 0.331 e. The maximum absolute atomic E-state index is 15.2. The van der Waals surface area contributed by atoms with Gasteiger partial charge in [-0.15, -0.1) is 0 Å². The summed E-state index contributed by atoms with van der Waals surface area (Å²) in [5.74, 6) is -4.54. The number of aryl methyl sites for hydroxylation is 1. The average Bonchev–Trinajstić information content (AvgIpc) is 3.20. The lowest BCUT2D eigenvalue weighted by atomic mass is 10.0. The molecule has 0 saturated heterocycles. The largest absolute Gasteiger partial charge is 0.331 e. The fourth-order valence-corrected chi connectivity index (χ4v) is 2.87. The van der Waals surface area contributed by atoms with Crippen LogP contribution in [0.4, 0.5) is 8.78 Å². The molecule has 0 saturated carbocycles. The number of hydrogen-bond acceptors (Lipinski definition) is 6. The van der Waals surface area contributed by atoms with Crippen molar-refractivity contribution in [1.29, 1.82) is 10.8 Å². The second kappa shape index (κ2) is 7.39. The predicted molar refractivity (Wildman–Crippen MR) is 105 cm³/mol. The zero-order valence-corrected chi connectivity index (χ0v) is 15.8. The summed E-state index contributed by atoms with van der Waals surface area (Å²) < 4.78 is 32.6. The van der Waals surface area contributed by atoms with Gasteiger partial charge in [-0.05, 0) is 24.3 Å². The van der Waals surface area contributed by atoms with Crippen molar-refractivity contribution in [3.63, 3.8) is 0 Å². The molecule has 0 bridgehead atoms. The maximum atomic E-state index is 15.2. The molecular weight excluding hydrogens is 390 g/mol. The van der Waals surface area contributed by atoms with Crippen molar-refractivity contribution in [2.45, 2.75) is 5.92 Å². The molecule has 2 N–H and O–H groups in total. The van der Waals surface area contributed by atoms with Crippen LogP contribution < -0.4 is 5.49 Å². The molecule has 1 aromatic carbocycles. The summed E-state index contributed by atoms with van der Waals surface area (Å²) >= 11 is 0. The number of halogens is 2. The molecule has 4 aromatic rings. The molecule has 0 radical (unpaired) electrons. The van der Waals surface area contributed by atoms with Crippen LogP contribution in [0.1, 0.15) is 5.56 Å². The van der Waals surface area contributed by atoms with Crippen molar-refractivity contribution in [3.05, 3.63) is 78.3 Å². The van der Waals surface area contributed by atoms with E-state index in [1.165, 1.54) is 48.9 Å². The summed E-state index contributed by atoms with van der Waals surface area (Å²) in [4.78, 5) is 8.14. The van der Waals surface area contributed by atoms with Crippen molar-refractivity contribution in [3.8, 4) is 22.6 Å². The number of rotatable bonds is 4. The van der Waals surface area contributed by atoms with Gasteiger partial charge < -0.3 is 0 Å². The van der Waals surface area contributed by atoms with Crippen molar-refractivity contribution in [1.82, 2.24) is 29.5 Å². The van der Waals surface area contributed by atoms with Crippen molar-refractivity contribution < 1.29 is 8.78 Å². The Labute approximate surface area is 169 Å². The molecule has 3 aromatic heterocycles. The molecular formula is C20H16F2N8. The zero-order valence-electron chi connectivity index (χ0n) is 15.8. The molecule has 0 aliphatic carbocycles. The van der Waals surface area contributed by atoms with Crippen molar-refractivity contribution in [2.24, 2.45) is 7.05 Å². The Kier molecular flexibility index (Phi) is 4.74. The molecule has 0 spiro atoms. The third-order valence-electron chi connectivity index (χ3n) is 4.39. The number of alkyl halides is 2. The summed E-state index contributed by atoms with van der Waals surface area (Å²) in [5, 5.41) is 24.2. The molecule has 30 heavy (non-hydrogen) atoms. The van der Waals surface area contributed by atoms with Gasteiger partial charge in [0.15, 0.2) is 11.7 Å². The van der Waals surface area contributed by atoms with E-state index in [1.807, 2.05) is 0 Å². The van der Waals surface area contributed by atoms with Crippen LogP contribution in [-0.4, -0.2) is 35.4 Å². The van der Waals surface area contributed by atoms with Crippen LogP contribution in [0.3, 0.4) is 0 Å². The minimum absolute atomic E-state index is 0.298. The van der Waals surface area contributed by atoms with Gasteiger partial charge in [0.2, 0.25) is 0 Å². The van der Waals surface area contributed by atoms with Gasteiger partial charge in [-0.2, -0.15) is 23.7 Å². The van der Waals surface area contributed by atoms with Gasteiger partial charge in [0, 0.05) is 42.3 Å². The van der Waals surface area contributed by atoms with Crippen LogP contribution in [-0.2, 0) is 13.0 Å². The van der Waals surface area contributed by atoms with E-state index in [-0.39, 0.29) is 5.49 Å². The van der Waals surface area contributed by atoms with Crippen LogP contribution in [0.2, 0.25) is 0 Å². The van der Waals surface area contributed by atoms with Crippen LogP contribution in [0, 0.1) is 10.8 Å². The molecule has 0 atom stereocenters. The fraction of sp³-hybridized carbons (Fsp3) is 0.100. The van der Waals surface area contributed by atoms with Gasteiger partial charge in [-0.3, -0.25) is 15.5 Å². The van der Waals surface area contributed by atoms with E-state index >= 15 is 8.78 Å². The third-order valence-corrected chi connectivity index (χ3v) is 4.39. The summed E-state index contributed by atoms with van der Waals surface area (Å²) in [6, 6.07) is 9.99. The SMILES string of the molecule is Cn1cc(-c2ccc(=N)n(C(=N)C(F)(F)c3cccc(-c4ncccn4)c3)n2)cn1. The molecule has 0 aliphatic heterocycles. The third kappa shape index (κ3) is 3.50. The van der Waals surface area contributed by atoms with E-state index in [0.717, 1.165) is 0 Å². The van der Waals surface area contributed by atoms with E-state index in [1.54, 1.807) is 30.1 Å². The minimum Gasteiger partial charge on any atom is -0.283 e. The van der Waals surface area contributed by atoms with E-state index in [2.05, 4.69) is 20.2 Å². The first-order valence-electron chi connectivity index (χ1n) is 8.85. The normalized spacial score (nSPS) is 11.4. The molecule has 0 aliphatic rings. The highest BCUT2D eigenvalue weighted by atomic mass is 19.3. The molecule has 150 valence electrons. The smallest absolute Gasteiger partial charge is 0.283 e. The van der Waals surface area contributed by atoms with Gasteiger partial charge in [0.05, 0.1) is 11.9 Å². The summed E-state index contributed by atoms with van der Waals surface area (Å²) in [6.45, 7) is 0. The van der Waals surface area contributed by atoms with Crippen molar-refractivity contribution in [2.75, 3.05) is 0 Å². The first kappa shape index (κ1) is 19.2. The van der Waals surface area contributed by atoms with E-state index in [9.17, 15) is 0 Å². The van der Waals surface area contributed by atoms with Crippen molar-refractivity contribution >= 4 is 5.84 Å². The standard InChI is InChI=1S/C20H16F2N8/c1-29-12-14(11-27-29)16-6-7-17(23)30(28-16)19(24)20(21,22)15-5-2-4-13(10-15)18-25-8-3-9-26-18/h2-12,23-24H,1H3. The number of nitrogens with zero attached hydrogens (tertiary/aromatic N) is 6. The Morgan fingerprint density at radius 3 is 2.50 bits per heavy atom. The van der Waals surface area contributed by atoms with Gasteiger partial charge in [-0.1, -0.05) is 18.2 Å². The average molecular weight is 406 g/mol. The Balaban J connectivity index is 1.73. The predicted octanol–water partition coefficient (Wildman–Crippen LogP) is 2.84. The lowest BCUT2D eigenvalue weighted by Crippen LogP contribution is -2.39. The summed E-state index contributed by atoms with van der Waals surface area (Å²) in [6.07, 6.45) is 6.24. The lowest BCUT2D eigenvalue weighted by Gasteiger charge is -2.19. The molecule has 8 nitrogen and oxygen atoms in total. The topological polar surface area (TPSA) is 109 Å². The summed E-state index contributed by atoms with van der Waals surface area (Å²) in [5.41, 5.74) is 0.554. The Morgan fingerprint density at radius 1 is 1.03 bits per heavy atom.